The molecule has 0 saturated heterocycles. The molecule has 8 nitrogen and oxygen atoms in total. The topological polar surface area (TPSA) is 90.5 Å². The zero-order chi connectivity index (χ0) is 22.6. The van der Waals surface area contributed by atoms with Gasteiger partial charge >= 0.3 is 0 Å². The van der Waals surface area contributed by atoms with E-state index >= 15 is 0 Å². The second-order valence-corrected chi connectivity index (χ2v) is 8.45. The Morgan fingerprint density at radius 3 is 2.61 bits per heavy atom. The average Bonchev–Trinajstić information content (AvgIpc) is 3.43. The molecule has 0 spiro atoms. The number of hydrogen-bond donors (Lipinski definition) is 1. The molecule has 1 N–H and O–H groups in total. The van der Waals surface area contributed by atoms with Crippen LogP contribution in [0.5, 0.6) is 0 Å². The highest BCUT2D eigenvalue weighted by Gasteiger charge is 2.17. The molecule has 5 rings (SSSR count). The molecule has 2 aromatic heterocycles. The molecule has 5 aromatic rings. The molecule has 0 fully saturated rings. The van der Waals surface area contributed by atoms with E-state index in [1.165, 1.54) is 11.8 Å². The van der Waals surface area contributed by atoms with Crippen LogP contribution in [0, 0.1) is 6.92 Å². The van der Waals surface area contributed by atoms with Gasteiger partial charge in [0.15, 0.2) is 11.0 Å². The number of aromatic nitrogens is 6. The summed E-state index contributed by atoms with van der Waals surface area (Å²) in [7, 11) is 0. The van der Waals surface area contributed by atoms with Gasteiger partial charge in [-0.25, -0.2) is 4.68 Å². The third-order valence-corrected chi connectivity index (χ3v) is 5.99. The number of amides is 1. The fourth-order valence-electron chi connectivity index (χ4n) is 3.55. The lowest BCUT2D eigenvalue weighted by Gasteiger charge is -2.11. The lowest BCUT2D eigenvalue weighted by molar-refractivity contribution is -0.113. The van der Waals surface area contributed by atoms with E-state index in [2.05, 4.69) is 25.8 Å². The third-order valence-electron chi connectivity index (χ3n) is 5.06. The Labute approximate surface area is 194 Å². The normalized spacial score (nSPS) is 11.1. The van der Waals surface area contributed by atoms with Gasteiger partial charge in [0.25, 0.3) is 0 Å². The summed E-state index contributed by atoms with van der Waals surface area (Å²) in [6, 6.07) is 25.4. The Morgan fingerprint density at radius 1 is 0.939 bits per heavy atom. The average molecular weight is 456 g/mol. The molecule has 0 aliphatic carbocycles. The quantitative estimate of drug-likeness (QED) is 0.372. The Hall–Kier alpha value is -3.98. The van der Waals surface area contributed by atoms with Gasteiger partial charge in [-0.05, 0) is 48.9 Å². The van der Waals surface area contributed by atoms with Gasteiger partial charge in [-0.2, -0.15) is 0 Å². The predicted molar refractivity (Wildman–Crippen MR) is 129 cm³/mol. The molecule has 0 unspecified atom stereocenters. The third kappa shape index (κ3) is 4.63. The van der Waals surface area contributed by atoms with E-state index in [9.17, 15) is 4.79 Å². The molecule has 0 bridgehead atoms. The van der Waals surface area contributed by atoms with Crippen LogP contribution in [-0.2, 0) is 11.3 Å². The minimum absolute atomic E-state index is 0.1000. The largest absolute Gasteiger partial charge is 0.325 e. The van der Waals surface area contributed by atoms with Gasteiger partial charge in [0.05, 0.1) is 11.3 Å². The highest BCUT2D eigenvalue weighted by molar-refractivity contribution is 7.99. The Bertz CT molecular complexity index is 1410. The molecule has 164 valence electrons. The van der Waals surface area contributed by atoms with Gasteiger partial charge in [0.2, 0.25) is 5.91 Å². The first-order valence-corrected chi connectivity index (χ1v) is 11.4. The molecule has 0 atom stereocenters. The number of rotatable bonds is 7. The standard InChI is InChI=1S/C24H21N7OS/c1-17-8-7-9-18(14-17)25-23(32)16-33-24-28-27-22(31(24)19-10-3-2-4-11-19)15-30-21-13-6-5-12-20(21)26-29-30/h2-14H,15-16H2,1H3,(H,25,32). The maximum absolute atomic E-state index is 12.5. The number of aryl methyl sites for hydroxylation is 1. The highest BCUT2D eigenvalue weighted by atomic mass is 32.2. The van der Waals surface area contributed by atoms with Crippen molar-refractivity contribution < 1.29 is 4.79 Å². The summed E-state index contributed by atoms with van der Waals surface area (Å²) < 4.78 is 3.76. The smallest absolute Gasteiger partial charge is 0.234 e. The summed E-state index contributed by atoms with van der Waals surface area (Å²) in [5.74, 6) is 0.820. The van der Waals surface area contributed by atoms with Crippen molar-refractivity contribution in [2.24, 2.45) is 0 Å². The summed E-state index contributed by atoms with van der Waals surface area (Å²) in [6.07, 6.45) is 0. The fourth-order valence-corrected chi connectivity index (χ4v) is 4.32. The van der Waals surface area contributed by atoms with E-state index < -0.39 is 0 Å². The number of hydrogen-bond acceptors (Lipinski definition) is 6. The molecule has 33 heavy (non-hydrogen) atoms. The van der Waals surface area contributed by atoms with Crippen LogP contribution in [0.1, 0.15) is 11.4 Å². The van der Waals surface area contributed by atoms with Gasteiger partial charge in [0.1, 0.15) is 12.1 Å². The molecule has 0 saturated carbocycles. The van der Waals surface area contributed by atoms with Crippen LogP contribution >= 0.6 is 11.8 Å². The number of fused-ring (bicyclic) bond motifs is 1. The molecular weight excluding hydrogens is 434 g/mol. The molecule has 1 amide bonds. The van der Waals surface area contributed by atoms with Crippen LogP contribution in [0.3, 0.4) is 0 Å². The summed E-state index contributed by atoms with van der Waals surface area (Å²) in [4.78, 5) is 12.5. The number of carbonyl (C=O) groups is 1. The van der Waals surface area contributed by atoms with Crippen molar-refractivity contribution in [3.05, 3.63) is 90.3 Å². The molecule has 0 aliphatic heterocycles. The van der Waals surface area contributed by atoms with Crippen LogP contribution in [0.4, 0.5) is 5.69 Å². The number of nitrogens with one attached hydrogen (secondary N) is 1. The van der Waals surface area contributed by atoms with Gasteiger partial charge in [-0.15, -0.1) is 15.3 Å². The number of para-hydroxylation sites is 2. The van der Waals surface area contributed by atoms with Crippen molar-refractivity contribution in [1.82, 2.24) is 29.8 Å². The lowest BCUT2D eigenvalue weighted by Crippen LogP contribution is -2.15. The SMILES string of the molecule is Cc1cccc(NC(=O)CSc2nnc(Cn3nnc4ccccc43)n2-c2ccccc2)c1. The number of anilines is 1. The summed E-state index contributed by atoms with van der Waals surface area (Å²) in [5.41, 5.74) is 4.54. The Morgan fingerprint density at radius 2 is 1.76 bits per heavy atom. The van der Waals surface area contributed by atoms with Crippen LogP contribution in [0.2, 0.25) is 0 Å². The maximum atomic E-state index is 12.5. The fraction of sp³-hybridized carbons (Fsp3) is 0.125. The second kappa shape index (κ2) is 9.25. The number of carbonyl (C=O) groups excluding carboxylic acids is 1. The van der Waals surface area contributed by atoms with E-state index in [1.807, 2.05) is 90.4 Å². The van der Waals surface area contributed by atoms with Gasteiger partial charge in [-0.1, -0.05) is 59.4 Å². The number of nitrogens with zero attached hydrogens (tertiary/aromatic N) is 6. The molecule has 2 heterocycles. The Kier molecular flexibility index (Phi) is 5.86. The first kappa shape index (κ1) is 20.9. The second-order valence-electron chi connectivity index (χ2n) is 7.51. The molecule has 0 radical (unpaired) electrons. The van der Waals surface area contributed by atoms with E-state index in [1.54, 1.807) is 4.68 Å². The van der Waals surface area contributed by atoms with Crippen molar-refractivity contribution in [2.45, 2.75) is 18.6 Å². The molecule has 9 heteroatoms. The first-order chi connectivity index (χ1) is 16.2. The van der Waals surface area contributed by atoms with Gasteiger partial charge in [-0.3, -0.25) is 9.36 Å². The van der Waals surface area contributed by atoms with E-state index in [4.69, 9.17) is 0 Å². The van der Waals surface area contributed by atoms with Crippen molar-refractivity contribution in [3.8, 4) is 5.69 Å². The summed E-state index contributed by atoms with van der Waals surface area (Å²) >= 11 is 1.34. The van der Waals surface area contributed by atoms with E-state index in [-0.39, 0.29) is 11.7 Å². The number of thioether (sulfide) groups is 1. The van der Waals surface area contributed by atoms with Crippen LogP contribution in [0.25, 0.3) is 16.7 Å². The van der Waals surface area contributed by atoms with Crippen LogP contribution < -0.4 is 5.32 Å². The van der Waals surface area contributed by atoms with E-state index in [0.717, 1.165) is 28.0 Å². The summed E-state index contributed by atoms with van der Waals surface area (Å²) in [5, 5.41) is 20.9. The highest BCUT2D eigenvalue weighted by Crippen LogP contribution is 2.23. The number of benzene rings is 3. The minimum Gasteiger partial charge on any atom is -0.325 e. The first-order valence-electron chi connectivity index (χ1n) is 10.4. The molecule has 3 aromatic carbocycles. The Balaban J connectivity index is 1.39. The summed E-state index contributed by atoms with van der Waals surface area (Å²) in [6.45, 7) is 2.39. The van der Waals surface area contributed by atoms with Crippen molar-refractivity contribution in [1.29, 1.82) is 0 Å². The van der Waals surface area contributed by atoms with Gasteiger partial charge < -0.3 is 5.32 Å². The van der Waals surface area contributed by atoms with Crippen molar-refractivity contribution in [2.75, 3.05) is 11.1 Å². The van der Waals surface area contributed by atoms with Crippen molar-refractivity contribution in [3.63, 3.8) is 0 Å². The monoisotopic (exact) mass is 455 g/mol. The van der Waals surface area contributed by atoms with Crippen LogP contribution in [-0.4, -0.2) is 41.4 Å². The molecule has 0 aliphatic rings. The van der Waals surface area contributed by atoms with Crippen molar-refractivity contribution >= 4 is 34.4 Å². The molecular formula is C24H21N7OS. The van der Waals surface area contributed by atoms with Gasteiger partial charge in [0, 0.05) is 11.4 Å². The zero-order valence-corrected chi connectivity index (χ0v) is 18.7. The predicted octanol–water partition coefficient (Wildman–Crippen LogP) is 4.10. The minimum atomic E-state index is -0.1000. The lowest BCUT2D eigenvalue weighted by atomic mass is 10.2. The van der Waals surface area contributed by atoms with Crippen LogP contribution in [0.15, 0.2) is 84.0 Å². The zero-order valence-electron chi connectivity index (χ0n) is 17.9. The van der Waals surface area contributed by atoms with E-state index in [0.29, 0.717) is 17.5 Å². The maximum Gasteiger partial charge on any atom is 0.234 e.